The van der Waals surface area contributed by atoms with Crippen molar-refractivity contribution in [2.75, 3.05) is 11.4 Å². The first kappa shape index (κ1) is 22.5. The lowest BCUT2D eigenvalue weighted by atomic mass is 9.86. The Morgan fingerprint density at radius 1 is 1.06 bits per heavy atom. The Morgan fingerprint density at radius 3 is 2.57 bits per heavy atom. The second-order valence-corrected chi connectivity index (χ2v) is 10.7. The van der Waals surface area contributed by atoms with E-state index in [0.29, 0.717) is 10.7 Å². The minimum atomic E-state index is -0.205. The van der Waals surface area contributed by atoms with Gasteiger partial charge in [0.25, 0.3) is 5.91 Å². The molecule has 5 atom stereocenters. The number of piperidine rings is 1. The number of nitrogens with one attached hydrogen (secondary N) is 3. The first-order valence-electron chi connectivity index (χ1n) is 12.2. The van der Waals surface area contributed by atoms with Crippen molar-refractivity contribution in [2.24, 2.45) is 11.7 Å². The van der Waals surface area contributed by atoms with Crippen LogP contribution in [0.1, 0.15) is 25.7 Å². The molecule has 0 radical (unpaired) electrons. The third-order valence-corrected chi connectivity index (χ3v) is 8.68. The summed E-state index contributed by atoms with van der Waals surface area (Å²) in [6.45, 7) is 0.785. The summed E-state index contributed by atoms with van der Waals surface area (Å²) >= 11 is 1.52. The van der Waals surface area contributed by atoms with Gasteiger partial charge in [-0.1, -0.05) is 30.0 Å². The van der Waals surface area contributed by atoms with E-state index < -0.39 is 0 Å². The Hall–Kier alpha value is -3.01. The number of nitrogens with zero attached hydrogens (tertiary/aromatic N) is 1. The van der Waals surface area contributed by atoms with E-state index in [1.165, 1.54) is 11.8 Å². The topological polar surface area (TPSA) is 109 Å². The minimum Gasteiger partial charge on any atom is -0.457 e. The first-order valence-corrected chi connectivity index (χ1v) is 13.1. The van der Waals surface area contributed by atoms with E-state index in [9.17, 15) is 9.59 Å². The van der Waals surface area contributed by atoms with Gasteiger partial charge in [-0.15, -0.1) is 0 Å². The van der Waals surface area contributed by atoms with Crippen LogP contribution >= 0.6 is 11.8 Å². The quantitative estimate of drug-likeness (QED) is 0.511. The van der Waals surface area contributed by atoms with E-state index in [4.69, 9.17) is 10.5 Å². The van der Waals surface area contributed by atoms with Gasteiger partial charge in [0.05, 0.1) is 16.3 Å². The summed E-state index contributed by atoms with van der Waals surface area (Å²) in [6, 6.07) is 17.0. The highest BCUT2D eigenvalue weighted by atomic mass is 32.2. The highest BCUT2D eigenvalue weighted by Crippen LogP contribution is 2.48. The molecule has 3 fully saturated rings. The van der Waals surface area contributed by atoms with Gasteiger partial charge < -0.3 is 26.4 Å². The number of carbonyl (C=O) groups is 2. The maximum absolute atomic E-state index is 13.3. The molecule has 3 aliphatic heterocycles. The van der Waals surface area contributed by atoms with E-state index in [2.05, 4.69) is 16.0 Å². The first-order chi connectivity index (χ1) is 17.1. The Bertz CT molecular complexity index is 1160. The van der Waals surface area contributed by atoms with Crippen LogP contribution in [0.25, 0.3) is 0 Å². The standard InChI is InChI=1S/C26H29N5O3S/c27-18-7-4-8-19(18)29-24(32)23-22-21-20(13-14-28-25(21)35-23)31(26(33)30-22)15-9-11-17(12-10-15)34-16-5-2-1-3-6-16/h1-3,5-6,9-12,18-21,25,28H,4,7-8,13-14,27H2,(H,29,32)(H,30,33)/t18-,19-,20?,21?,25?/m1/s1. The second-order valence-electron chi connectivity index (χ2n) is 9.50. The van der Waals surface area contributed by atoms with Gasteiger partial charge in [0.2, 0.25) is 0 Å². The molecular weight excluding hydrogens is 462 g/mol. The Balaban J connectivity index is 1.23. The van der Waals surface area contributed by atoms with Crippen LogP contribution in [-0.4, -0.2) is 42.0 Å². The number of carbonyl (C=O) groups excluding carboxylic acids is 2. The Labute approximate surface area is 208 Å². The fourth-order valence-electron chi connectivity index (χ4n) is 5.62. The SMILES string of the molecule is N[C@@H]1CCC[C@H]1NC(=O)C1=C2NC(=O)N(c3ccc(Oc4ccccc4)cc3)C3CCNC(S1)C23. The van der Waals surface area contributed by atoms with E-state index in [-0.39, 0.29) is 41.4 Å². The van der Waals surface area contributed by atoms with Crippen LogP contribution in [0.15, 0.2) is 65.2 Å². The number of ether oxygens (including phenoxy) is 1. The summed E-state index contributed by atoms with van der Waals surface area (Å²) in [5.41, 5.74) is 7.72. The number of hydrogen-bond donors (Lipinski definition) is 4. The summed E-state index contributed by atoms with van der Waals surface area (Å²) in [4.78, 5) is 29.0. The largest absolute Gasteiger partial charge is 0.457 e. The molecule has 182 valence electrons. The zero-order valence-corrected chi connectivity index (χ0v) is 20.1. The van der Waals surface area contributed by atoms with Crippen LogP contribution in [0.5, 0.6) is 11.5 Å². The van der Waals surface area contributed by atoms with E-state index in [0.717, 1.165) is 49.4 Å². The maximum Gasteiger partial charge on any atom is 0.326 e. The molecule has 4 aliphatic rings. The average Bonchev–Trinajstić information content (AvgIpc) is 3.44. The summed E-state index contributed by atoms with van der Waals surface area (Å²) in [6.07, 6.45) is 3.67. The summed E-state index contributed by atoms with van der Waals surface area (Å²) < 4.78 is 5.91. The third-order valence-electron chi connectivity index (χ3n) is 7.33. The molecule has 2 aromatic carbocycles. The lowest BCUT2D eigenvalue weighted by Gasteiger charge is -2.45. The van der Waals surface area contributed by atoms with Crippen molar-refractivity contribution in [3.8, 4) is 11.5 Å². The lowest BCUT2D eigenvalue weighted by molar-refractivity contribution is -0.117. The van der Waals surface area contributed by atoms with Gasteiger partial charge in [0, 0.05) is 29.4 Å². The zero-order valence-electron chi connectivity index (χ0n) is 19.3. The van der Waals surface area contributed by atoms with Crippen molar-refractivity contribution >= 4 is 29.4 Å². The van der Waals surface area contributed by atoms with Crippen molar-refractivity contribution in [1.29, 1.82) is 0 Å². The Kier molecular flexibility index (Phi) is 5.91. The van der Waals surface area contributed by atoms with Crippen LogP contribution in [-0.2, 0) is 4.79 Å². The molecule has 2 saturated heterocycles. The molecular formula is C26H29N5O3S. The van der Waals surface area contributed by atoms with Crippen LogP contribution < -0.4 is 31.3 Å². The third kappa shape index (κ3) is 4.17. The van der Waals surface area contributed by atoms with Gasteiger partial charge in [-0.3, -0.25) is 9.69 Å². The van der Waals surface area contributed by atoms with Crippen LogP contribution in [0.2, 0.25) is 0 Å². The number of hydrogen-bond acceptors (Lipinski definition) is 6. The van der Waals surface area contributed by atoms with Crippen LogP contribution in [0.3, 0.4) is 0 Å². The maximum atomic E-state index is 13.3. The van der Waals surface area contributed by atoms with Crippen molar-refractivity contribution in [2.45, 2.75) is 49.2 Å². The number of thioether (sulfide) groups is 1. The molecule has 1 aliphatic carbocycles. The molecule has 35 heavy (non-hydrogen) atoms. The smallest absolute Gasteiger partial charge is 0.326 e. The summed E-state index contributed by atoms with van der Waals surface area (Å²) in [5, 5.41) is 9.76. The van der Waals surface area contributed by atoms with E-state index in [1.807, 2.05) is 59.5 Å². The molecule has 1 saturated carbocycles. The summed E-state index contributed by atoms with van der Waals surface area (Å²) in [5.74, 6) is 1.36. The Morgan fingerprint density at radius 2 is 1.83 bits per heavy atom. The molecule has 5 N–H and O–H groups in total. The highest BCUT2D eigenvalue weighted by Gasteiger charge is 2.51. The number of rotatable bonds is 5. The normalized spacial score (nSPS) is 29.6. The van der Waals surface area contributed by atoms with Gasteiger partial charge in [-0.25, -0.2) is 4.79 Å². The highest BCUT2D eigenvalue weighted by molar-refractivity contribution is 8.04. The molecule has 8 nitrogen and oxygen atoms in total. The van der Waals surface area contributed by atoms with Crippen molar-refractivity contribution in [3.63, 3.8) is 0 Å². The van der Waals surface area contributed by atoms with Crippen LogP contribution in [0, 0.1) is 5.92 Å². The predicted molar refractivity (Wildman–Crippen MR) is 136 cm³/mol. The van der Waals surface area contributed by atoms with Gasteiger partial charge >= 0.3 is 6.03 Å². The fourth-order valence-corrected chi connectivity index (χ4v) is 7.02. The van der Waals surface area contributed by atoms with Gasteiger partial charge in [-0.2, -0.15) is 0 Å². The molecule has 0 aromatic heterocycles. The molecule has 0 bridgehead atoms. The molecule has 3 heterocycles. The number of nitrogens with two attached hydrogens (primary N) is 1. The predicted octanol–water partition coefficient (Wildman–Crippen LogP) is 3.27. The van der Waals surface area contributed by atoms with E-state index in [1.54, 1.807) is 0 Å². The number of amides is 3. The molecule has 2 aromatic rings. The fraction of sp³-hybridized carbons (Fsp3) is 0.385. The van der Waals surface area contributed by atoms with E-state index >= 15 is 0 Å². The monoisotopic (exact) mass is 491 g/mol. The minimum absolute atomic E-state index is 0.00463. The van der Waals surface area contributed by atoms with Crippen molar-refractivity contribution in [1.82, 2.24) is 16.0 Å². The van der Waals surface area contributed by atoms with Gasteiger partial charge in [-0.05, 0) is 68.6 Å². The number of anilines is 1. The van der Waals surface area contributed by atoms with Crippen molar-refractivity contribution in [3.05, 3.63) is 65.2 Å². The van der Waals surface area contributed by atoms with Crippen LogP contribution in [0.4, 0.5) is 10.5 Å². The molecule has 9 heteroatoms. The number of benzene rings is 2. The lowest BCUT2D eigenvalue weighted by Crippen LogP contribution is -2.62. The molecule has 0 spiro atoms. The number of urea groups is 1. The molecule has 6 rings (SSSR count). The van der Waals surface area contributed by atoms with Crippen molar-refractivity contribution < 1.29 is 14.3 Å². The van der Waals surface area contributed by atoms with Gasteiger partial charge in [0.15, 0.2) is 0 Å². The second kappa shape index (κ2) is 9.22. The zero-order chi connectivity index (χ0) is 23.9. The average molecular weight is 492 g/mol. The molecule has 3 amide bonds. The molecule has 3 unspecified atom stereocenters. The van der Waals surface area contributed by atoms with Gasteiger partial charge in [0.1, 0.15) is 11.5 Å². The summed E-state index contributed by atoms with van der Waals surface area (Å²) in [7, 11) is 0. The number of para-hydroxylation sites is 1.